The van der Waals surface area contributed by atoms with Crippen LogP contribution in [-0.2, 0) is 9.59 Å². The maximum Gasteiger partial charge on any atom is 0.231 e. The number of para-hydroxylation sites is 1. The third kappa shape index (κ3) is 3.78. The van der Waals surface area contributed by atoms with Crippen LogP contribution in [0.25, 0.3) is 0 Å². The SMILES string of the molecule is O=C(Nc1ccc(I)cc1)[C@H]1CC=CC2CCN(c3ccccc3)C(=O)C21. The summed E-state index contributed by atoms with van der Waals surface area (Å²) in [6, 6.07) is 17.5. The molecule has 1 fully saturated rings. The van der Waals surface area contributed by atoms with Gasteiger partial charge in [-0.05, 0) is 77.7 Å². The molecule has 138 valence electrons. The lowest BCUT2D eigenvalue weighted by molar-refractivity contribution is -0.133. The van der Waals surface area contributed by atoms with Crippen molar-refractivity contribution in [2.24, 2.45) is 17.8 Å². The molecule has 0 saturated carbocycles. The number of nitrogens with one attached hydrogen (secondary N) is 1. The second-order valence-electron chi connectivity index (χ2n) is 7.07. The van der Waals surface area contributed by atoms with E-state index in [0.717, 1.165) is 21.4 Å². The molecular formula is C22H21IN2O2. The van der Waals surface area contributed by atoms with Crippen molar-refractivity contribution in [1.82, 2.24) is 0 Å². The maximum atomic E-state index is 13.3. The minimum absolute atomic E-state index is 0.0598. The molecule has 1 saturated heterocycles. The number of carbonyl (C=O) groups is 2. The van der Waals surface area contributed by atoms with Gasteiger partial charge in [-0.25, -0.2) is 0 Å². The van der Waals surface area contributed by atoms with Crippen LogP contribution in [0.5, 0.6) is 0 Å². The number of amides is 2. The van der Waals surface area contributed by atoms with Crippen molar-refractivity contribution in [2.75, 3.05) is 16.8 Å². The van der Waals surface area contributed by atoms with Gasteiger partial charge in [-0.3, -0.25) is 9.59 Å². The van der Waals surface area contributed by atoms with Gasteiger partial charge >= 0.3 is 0 Å². The van der Waals surface area contributed by atoms with Gasteiger partial charge in [0, 0.05) is 21.5 Å². The molecule has 2 aromatic rings. The Labute approximate surface area is 172 Å². The van der Waals surface area contributed by atoms with Gasteiger partial charge in [-0.15, -0.1) is 0 Å². The zero-order valence-electron chi connectivity index (χ0n) is 14.8. The van der Waals surface area contributed by atoms with Crippen LogP contribution in [0.3, 0.4) is 0 Å². The highest BCUT2D eigenvalue weighted by molar-refractivity contribution is 14.1. The second-order valence-corrected chi connectivity index (χ2v) is 8.32. The zero-order valence-corrected chi connectivity index (χ0v) is 17.0. The van der Waals surface area contributed by atoms with Crippen molar-refractivity contribution in [3.63, 3.8) is 0 Å². The lowest BCUT2D eigenvalue weighted by Gasteiger charge is -2.41. The highest BCUT2D eigenvalue weighted by atomic mass is 127. The predicted molar refractivity (Wildman–Crippen MR) is 115 cm³/mol. The number of carbonyl (C=O) groups excluding carboxylic acids is 2. The van der Waals surface area contributed by atoms with Gasteiger partial charge in [0.1, 0.15) is 0 Å². The van der Waals surface area contributed by atoms with Gasteiger partial charge in [-0.1, -0.05) is 30.4 Å². The van der Waals surface area contributed by atoms with E-state index in [1.165, 1.54) is 0 Å². The van der Waals surface area contributed by atoms with Gasteiger partial charge in [0.15, 0.2) is 0 Å². The van der Waals surface area contributed by atoms with Gasteiger partial charge in [0.05, 0.1) is 11.8 Å². The summed E-state index contributed by atoms with van der Waals surface area (Å²) in [7, 11) is 0. The molecule has 1 heterocycles. The van der Waals surface area contributed by atoms with Crippen molar-refractivity contribution in [3.8, 4) is 0 Å². The first kappa shape index (κ1) is 18.2. The molecule has 0 spiro atoms. The van der Waals surface area contributed by atoms with Crippen molar-refractivity contribution >= 4 is 45.8 Å². The Hall–Kier alpha value is -2.15. The summed E-state index contributed by atoms with van der Waals surface area (Å²) in [5.74, 6) is -0.506. The molecule has 1 aliphatic heterocycles. The average Bonchev–Trinajstić information content (AvgIpc) is 2.70. The lowest BCUT2D eigenvalue weighted by atomic mass is 9.71. The minimum atomic E-state index is -0.335. The third-order valence-corrected chi connectivity index (χ3v) is 6.14. The number of fused-ring (bicyclic) bond motifs is 1. The first-order valence-corrected chi connectivity index (χ1v) is 10.3. The Kier molecular flexibility index (Phi) is 5.29. The fraction of sp³-hybridized carbons (Fsp3) is 0.273. The monoisotopic (exact) mass is 472 g/mol. The summed E-state index contributed by atoms with van der Waals surface area (Å²) in [6.07, 6.45) is 5.67. The van der Waals surface area contributed by atoms with Crippen LogP contribution in [0.15, 0.2) is 66.7 Å². The summed E-state index contributed by atoms with van der Waals surface area (Å²) in [4.78, 5) is 28.1. The fourth-order valence-corrected chi connectivity index (χ4v) is 4.43. The number of rotatable bonds is 3. The van der Waals surface area contributed by atoms with Gasteiger partial charge in [0.2, 0.25) is 11.8 Å². The Balaban J connectivity index is 1.56. The Morgan fingerprint density at radius 3 is 2.56 bits per heavy atom. The van der Waals surface area contributed by atoms with E-state index in [0.29, 0.717) is 13.0 Å². The highest BCUT2D eigenvalue weighted by Gasteiger charge is 2.44. The van der Waals surface area contributed by atoms with Gasteiger partial charge < -0.3 is 10.2 Å². The largest absolute Gasteiger partial charge is 0.326 e. The highest BCUT2D eigenvalue weighted by Crippen LogP contribution is 2.39. The maximum absolute atomic E-state index is 13.3. The molecular weight excluding hydrogens is 451 g/mol. The molecule has 5 heteroatoms. The molecule has 0 aromatic heterocycles. The molecule has 27 heavy (non-hydrogen) atoms. The summed E-state index contributed by atoms with van der Waals surface area (Å²) in [5.41, 5.74) is 1.68. The van der Waals surface area contributed by atoms with Crippen LogP contribution in [0, 0.1) is 21.3 Å². The number of hydrogen-bond acceptors (Lipinski definition) is 2. The van der Waals surface area contributed by atoms with E-state index >= 15 is 0 Å². The number of anilines is 2. The topological polar surface area (TPSA) is 49.4 Å². The van der Waals surface area contributed by atoms with Gasteiger partial charge in [0.25, 0.3) is 0 Å². The van der Waals surface area contributed by atoms with Crippen molar-refractivity contribution in [3.05, 3.63) is 70.3 Å². The normalized spacial score (nSPS) is 24.4. The number of hydrogen-bond donors (Lipinski definition) is 1. The molecule has 0 bridgehead atoms. The van der Waals surface area contributed by atoms with Crippen molar-refractivity contribution < 1.29 is 9.59 Å². The van der Waals surface area contributed by atoms with Crippen LogP contribution in [0.1, 0.15) is 12.8 Å². The lowest BCUT2D eigenvalue weighted by Crippen LogP contribution is -2.51. The summed E-state index contributed by atoms with van der Waals surface area (Å²) in [5, 5.41) is 3.00. The minimum Gasteiger partial charge on any atom is -0.326 e. The van der Waals surface area contributed by atoms with Crippen LogP contribution in [0.2, 0.25) is 0 Å². The molecule has 3 atom stereocenters. The van der Waals surface area contributed by atoms with E-state index in [1.54, 1.807) is 0 Å². The molecule has 0 radical (unpaired) electrons. The van der Waals surface area contributed by atoms with E-state index in [2.05, 4.69) is 40.1 Å². The van der Waals surface area contributed by atoms with Crippen LogP contribution in [-0.4, -0.2) is 18.4 Å². The Bertz CT molecular complexity index is 864. The number of halogens is 1. The van der Waals surface area contributed by atoms with Gasteiger partial charge in [-0.2, -0.15) is 0 Å². The van der Waals surface area contributed by atoms with Crippen LogP contribution in [0.4, 0.5) is 11.4 Å². The molecule has 4 nitrogen and oxygen atoms in total. The number of benzene rings is 2. The number of piperidine rings is 1. The number of allylic oxidation sites excluding steroid dienone is 2. The molecule has 1 aliphatic carbocycles. The number of nitrogens with zero attached hydrogens (tertiary/aromatic N) is 1. The van der Waals surface area contributed by atoms with E-state index in [-0.39, 0.29) is 29.6 Å². The second kappa shape index (κ2) is 7.84. The van der Waals surface area contributed by atoms with E-state index < -0.39 is 0 Å². The molecule has 2 amide bonds. The van der Waals surface area contributed by atoms with Crippen molar-refractivity contribution in [1.29, 1.82) is 0 Å². The summed E-state index contributed by atoms with van der Waals surface area (Å²) >= 11 is 2.24. The molecule has 2 aliphatic rings. The Morgan fingerprint density at radius 1 is 1.07 bits per heavy atom. The first-order valence-electron chi connectivity index (χ1n) is 9.23. The molecule has 1 N–H and O–H groups in total. The fourth-order valence-electron chi connectivity index (χ4n) is 4.07. The molecule has 2 unspecified atom stereocenters. The van der Waals surface area contributed by atoms with Crippen molar-refractivity contribution in [2.45, 2.75) is 12.8 Å². The van der Waals surface area contributed by atoms with Crippen LogP contribution < -0.4 is 10.2 Å². The van der Waals surface area contributed by atoms with E-state index in [1.807, 2.05) is 59.5 Å². The third-order valence-electron chi connectivity index (χ3n) is 5.42. The summed E-state index contributed by atoms with van der Waals surface area (Å²) < 4.78 is 1.12. The molecule has 2 aromatic carbocycles. The van der Waals surface area contributed by atoms with Crippen LogP contribution >= 0.6 is 22.6 Å². The quantitative estimate of drug-likeness (QED) is 0.530. The average molecular weight is 472 g/mol. The standard InChI is InChI=1S/C22H21IN2O2/c23-16-9-11-17(12-10-16)24-21(26)19-8-4-5-15-13-14-25(22(27)20(15)19)18-6-2-1-3-7-18/h1-7,9-12,15,19-20H,8,13-14H2,(H,24,26)/t15?,19-,20?/m0/s1. The van der Waals surface area contributed by atoms with E-state index in [4.69, 9.17) is 0 Å². The summed E-state index contributed by atoms with van der Waals surface area (Å²) in [6.45, 7) is 0.694. The zero-order chi connectivity index (χ0) is 18.8. The predicted octanol–water partition coefficient (Wildman–Crippen LogP) is 4.48. The Morgan fingerprint density at radius 2 is 1.81 bits per heavy atom. The smallest absolute Gasteiger partial charge is 0.231 e. The van der Waals surface area contributed by atoms with E-state index in [9.17, 15) is 9.59 Å². The first-order chi connectivity index (χ1) is 13.1. The molecule has 4 rings (SSSR count).